The van der Waals surface area contributed by atoms with Crippen LogP contribution in [0.15, 0.2) is 18.2 Å². The number of rotatable bonds is 3. The zero-order valence-electron chi connectivity index (χ0n) is 15.8. The van der Waals surface area contributed by atoms with E-state index in [0.717, 1.165) is 26.8 Å². The lowest BCUT2D eigenvalue weighted by molar-refractivity contribution is 0.102. The molecule has 0 aliphatic heterocycles. The molecule has 136 valence electrons. The summed E-state index contributed by atoms with van der Waals surface area (Å²) in [5.74, 6) is -0.187. The lowest BCUT2D eigenvalue weighted by Gasteiger charge is -2.12. The van der Waals surface area contributed by atoms with Crippen molar-refractivity contribution in [2.45, 2.75) is 47.0 Å². The molecule has 0 aliphatic rings. The van der Waals surface area contributed by atoms with Crippen LogP contribution >= 0.6 is 22.7 Å². The predicted molar refractivity (Wildman–Crippen MR) is 108 cm³/mol. The molecule has 3 aromatic rings. The minimum Gasteiger partial charge on any atom is -0.296 e. The number of thiazole rings is 1. The zero-order chi connectivity index (χ0) is 19.1. The smallest absolute Gasteiger partial charge is 0.269 e. The van der Waals surface area contributed by atoms with Gasteiger partial charge in [-0.15, -0.1) is 21.5 Å². The second kappa shape index (κ2) is 6.89. The Bertz CT molecular complexity index is 966. The molecule has 7 heteroatoms. The number of benzene rings is 1. The Morgan fingerprint density at radius 2 is 1.81 bits per heavy atom. The van der Waals surface area contributed by atoms with Crippen LogP contribution in [0.25, 0.3) is 10.6 Å². The molecule has 0 saturated carbocycles. The maximum absolute atomic E-state index is 12.7. The van der Waals surface area contributed by atoms with Crippen molar-refractivity contribution in [2.24, 2.45) is 0 Å². The first-order valence-corrected chi connectivity index (χ1v) is 9.99. The van der Waals surface area contributed by atoms with Crippen molar-refractivity contribution in [3.63, 3.8) is 0 Å². The van der Waals surface area contributed by atoms with Crippen LogP contribution in [0, 0.1) is 20.8 Å². The van der Waals surface area contributed by atoms with E-state index in [1.165, 1.54) is 28.2 Å². The van der Waals surface area contributed by atoms with Crippen LogP contribution in [-0.4, -0.2) is 21.1 Å². The molecule has 0 unspecified atom stereocenters. The largest absolute Gasteiger partial charge is 0.296 e. The van der Waals surface area contributed by atoms with E-state index in [0.29, 0.717) is 10.0 Å². The van der Waals surface area contributed by atoms with E-state index in [9.17, 15) is 4.79 Å². The van der Waals surface area contributed by atoms with Crippen LogP contribution in [0.3, 0.4) is 0 Å². The van der Waals surface area contributed by atoms with Gasteiger partial charge in [0.05, 0.1) is 5.69 Å². The van der Waals surface area contributed by atoms with Gasteiger partial charge in [-0.25, -0.2) is 4.98 Å². The van der Waals surface area contributed by atoms with Gasteiger partial charge in [0, 0.05) is 11.0 Å². The Morgan fingerprint density at radius 3 is 2.42 bits per heavy atom. The summed E-state index contributed by atoms with van der Waals surface area (Å²) in [6.07, 6.45) is 0. The third-order valence-electron chi connectivity index (χ3n) is 3.90. The molecular formula is C19H22N4OS2. The normalized spacial score (nSPS) is 11.6. The molecule has 5 nitrogen and oxygen atoms in total. The topological polar surface area (TPSA) is 67.8 Å². The Morgan fingerprint density at radius 1 is 1.08 bits per heavy atom. The molecule has 0 fully saturated rings. The van der Waals surface area contributed by atoms with Gasteiger partial charge in [0.15, 0.2) is 0 Å². The average molecular weight is 387 g/mol. The monoisotopic (exact) mass is 386 g/mol. The summed E-state index contributed by atoms with van der Waals surface area (Å²) in [4.78, 5) is 17.9. The number of hydrogen-bond donors (Lipinski definition) is 1. The van der Waals surface area contributed by atoms with Crippen molar-refractivity contribution in [1.29, 1.82) is 0 Å². The number of aryl methyl sites for hydroxylation is 3. The number of anilines is 1. The second-order valence-corrected chi connectivity index (χ2v) is 9.35. The summed E-state index contributed by atoms with van der Waals surface area (Å²) < 4.78 is 0. The Hall–Kier alpha value is -2.12. The summed E-state index contributed by atoms with van der Waals surface area (Å²) in [7, 11) is 0. The molecule has 0 saturated heterocycles. The van der Waals surface area contributed by atoms with Crippen LogP contribution < -0.4 is 5.32 Å². The third-order valence-corrected chi connectivity index (χ3v) is 6.36. The number of nitrogens with zero attached hydrogens (tertiary/aromatic N) is 3. The molecule has 1 aromatic carbocycles. The molecule has 0 spiro atoms. The maximum Gasteiger partial charge on any atom is 0.269 e. The van der Waals surface area contributed by atoms with Crippen LogP contribution in [0.4, 0.5) is 5.13 Å². The van der Waals surface area contributed by atoms with Crippen LogP contribution in [0.2, 0.25) is 0 Å². The summed E-state index contributed by atoms with van der Waals surface area (Å²) in [6.45, 7) is 12.2. The highest BCUT2D eigenvalue weighted by Gasteiger charge is 2.22. The van der Waals surface area contributed by atoms with Gasteiger partial charge in [0.25, 0.3) is 5.91 Å². The van der Waals surface area contributed by atoms with Gasteiger partial charge < -0.3 is 0 Å². The lowest BCUT2D eigenvalue weighted by Crippen LogP contribution is -2.11. The molecule has 1 N–H and O–H groups in total. The minimum atomic E-state index is -0.187. The summed E-state index contributed by atoms with van der Waals surface area (Å²) in [5.41, 5.74) is 4.07. The van der Waals surface area contributed by atoms with Crippen LogP contribution in [0.1, 0.15) is 52.3 Å². The Balaban J connectivity index is 1.84. The standard InChI is InChI=1S/C19H22N4OS2/c1-10-7-8-13(11(2)9-10)16-20-12(3)14(25-16)15(24)21-18-23-22-17(26-18)19(4,5)6/h7-9H,1-6H3,(H,21,23,24). The van der Waals surface area contributed by atoms with Crippen molar-refractivity contribution in [2.75, 3.05) is 5.32 Å². The molecule has 0 bridgehead atoms. The van der Waals surface area contributed by atoms with E-state index in [4.69, 9.17) is 0 Å². The van der Waals surface area contributed by atoms with Crippen LogP contribution in [0.5, 0.6) is 0 Å². The van der Waals surface area contributed by atoms with E-state index in [1.54, 1.807) is 0 Å². The quantitative estimate of drug-likeness (QED) is 0.677. The number of amides is 1. The van der Waals surface area contributed by atoms with Crippen LogP contribution in [-0.2, 0) is 5.41 Å². The summed E-state index contributed by atoms with van der Waals surface area (Å²) in [6, 6.07) is 6.25. The van der Waals surface area contributed by atoms with Gasteiger partial charge in [-0.1, -0.05) is 55.9 Å². The molecule has 26 heavy (non-hydrogen) atoms. The summed E-state index contributed by atoms with van der Waals surface area (Å²) >= 11 is 2.81. The highest BCUT2D eigenvalue weighted by Crippen LogP contribution is 2.32. The Labute approximate surface area is 161 Å². The maximum atomic E-state index is 12.7. The van der Waals surface area contributed by atoms with Gasteiger partial charge >= 0.3 is 0 Å². The highest BCUT2D eigenvalue weighted by molar-refractivity contribution is 7.17. The molecule has 3 rings (SSSR count). The first-order chi connectivity index (χ1) is 12.1. The second-order valence-electron chi connectivity index (χ2n) is 7.37. The Kier molecular flexibility index (Phi) is 4.94. The van der Waals surface area contributed by atoms with Crippen molar-refractivity contribution in [3.05, 3.63) is 44.9 Å². The van der Waals surface area contributed by atoms with Gasteiger partial charge in [-0.2, -0.15) is 0 Å². The summed E-state index contributed by atoms with van der Waals surface area (Å²) in [5, 5.41) is 13.4. The molecule has 2 aromatic heterocycles. The molecule has 2 heterocycles. The molecular weight excluding hydrogens is 364 g/mol. The number of carbonyl (C=O) groups excluding carboxylic acids is 1. The van der Waals surface area contributed by atoms with Gasteiger partial charge in [-0.05, 0) is 26.3 Å². The minimum absolute atomic E-state index is 0.0861. The van der Waals surface area contributed by atoms with Crippen molar-refractivity contribution >= 4 is 33.7 Å². The first-order valence-electron chi connectivity index (χ1n) is 8.35. The fourth-order valence-electron chi connectivity index (χ4n) is 2.51. The predicted octanol–water partition coefficient (Wildman–Crippen LogP) is 5.14. The highest BCUT2D eigenvalue weighted by atomic mass is 32.1. The van der Waals surface area contributed by atoms with Gasteiger partial charge in [0.1, 0.15) is 14.9 Å². The fourth-order valence-corrected chi connectivity index (χ4v) is 4.35. The van der Waals surface area contributed by atoms with Crippen molar-refractivity contribution < 1.29 is 4.79 Å². The zero-order valence-corrected chi connectivity index (χ0v) is 17.4. The number of aromatic nitrogens is 3. The van der Waals surface area contributed by atoms with Gasteiger partial charge in [0.2, 0.25) is 5.13 Å². The number of carbonyl (C=O) groups is 1. The van der Waals surface area contributed by atoms with E-state index in [2.05, 4.69) is 73.3 Å². The van der Waals surface area contributed by atoms with Crippen molar-refractivity contribution in [3.8, 4) is 10.6 Å². The molecule has 1 amide bonds. The average Bonchev–Trinajstić information content (AvgIpc) is 3.13. The first kappa shape index (κ1) is 18.7. The molecule has 0 radical (unpaired) electrons. The third kappa shape index (κ3) is 3.83. The van der Waals surface area contributed by atoms with E-state index in [-0.39, 0.29) is 11.3 Å². The number of nitrogens with one attached hydrogen (secondary N) is 1. The van der Waals surface area contributed by atoms with E-state index >= 15 is 0 Å². The molecule has 0 atom stereocenters. The van der Waals surface area contributed by atoms with E-state index in [1.807, 2.05) is 6.92 Å². The SMILES string of the molecule is Cc1ccc(-c2nc(C)c(C(=O)Nc3nnc(C(C)(C)C)s3)s2)c(C)c1. The van der Waals surface area contributed by atoms with E-state index < -0.39 is 0 Å². The number of hydrogen-bond acceptors (Lipinski definition) is 6. The van der Waals surface area contributed by atoms with Gasteiger partial charge in [-0.3, -0.25) is 10.1 Å². The fraction of sp³-hybridized carbons (Fsp3) is 0.368. The lowest BCUT2D eigenvalue weighted by atomic mass is 9.98. The van der Waals surface area contributed by atoms with Crippen molar-refractivity contribution in [1.82, 2.24) is 15.2 Å². The molecule has 0 aliphatic carbocycles.